The molecule has 1 heterocycles. The van der Waals surface area contributed by atoms with Crippen LogP contribution in [-0.2, 0) is 37.0 Å². The Morgan fingerprint density at radius 1 is 0.800 bits per heavy atom. The number of aliphatic hydroxyl groups is 1. The van der Waals surface area contributed by atoms with E-state index in [-0.39, 0.29) is 6.61 Å². The summed E-state index contributed by atoms with van der Waals surface area (Å²) in [5.74, 6) is -0.471. The van der Waals surface area contributed by atoms with Crippen LogP contribution in [0.15, 0.2) is 95.9 Å². The molecule has 3 aromatic carbocycles. The van der Waals surface area contributed by atoms with Gasteiger partial charge in [-0.15, -0.1) is 0 Å². The summed E-state index contributed by atoms with van der Waals surface area (Å²) in [6.07, 6.45) is -2.81. The summed E-state index contributed by atoms with van der Waals surface area (Å²) in [6, 6.07) is 29.5. The van der Waals surface area contributed by atoms with Crippen LogP contribution in [0, 0.1) is 0 Å². The average Bonchev–Trinajstić information content (AvgIpc) is 2.89. The lowest BCUT2D eigenvalue weighted by Gasteiger charge is -2.45. The molecular weight excluding hydrogens is 464 g/mol. The zero-order valence-corrected chi connectivity index (χ0v) is 20.4. The topological polar surface area (TPSA) is 74.2 Å². The van der Waals surface area contributed by atoms with Crippen molar-refractivity contribution in [1.29, 1.82) is 0 Å². The number of ether oxygens (including phenoxy) is 4. The number of aliphatic hydroxyl groups excluding tert-OH is 1. The highest BCUT2D eigenvalue weighted by Crippen LogP contribution is 2.37. The van der Waals surface area contributed by atoms with Crippen molar-refractivity contribution in [3.63, 3.8) is 0 Å². The molecule has 5 atom stereocenters. The molecule has 1 N–H and O–H groups in total. The van der Waals surface area contributed by atoms with Crippen molar-refractivity contribution in [3.05, 3.63) is 102 Å². The number of carbonyl (C=O) groups excluding carboxylic acids is 1. The molecule has 1 aliphatic rings. The average molecular weight is 495 g/mol. The number of hydrogen-bond donors (Lipinski definition) is 1. The van der Waals surface area contributed by atoms with Crippen LogP contribution in [0.5, 0.6) is 0 Å². The summed E-state index contributed by atoms with van der Waals surface area (Å²) in [4.78, 5) is 13.0. The molecule has 1 saturated heterocycles. The molecule has 7 heteroatoms. The van der Waals surface area contributed by atoms with Crippen LogP contribution < -0.4 is 0 Å². The van der Waals surface area contributed by atoms with E-state index in [0.717, 1.165) is 16.0 Å². The first-order chi connectivity index (χ1) is 17.1. The second-order valence-electron chi connectivity index (χ2n) is 8.25. The number of hydrogen-bond acceptors (Lipinski definition) is 7. The fourth-order valence-electron chi connectivity index (χ4n) is 3.99. The van der Waals surface area contributed by atoms with Gasteiger partial charge in [0, 0.05) is 11.8 Å². The van der Waals surface area contributed by atoms with Gasteiger partial charge in [0.2, 0.25) is 0 Å². The Morgan fingerprint density at radius 3 is 1.83 bits per heavy atom. The summed E-state index contributed by atoms with van der Waals surface area (Å²) >= 11 is 1.49. The van der Waals surface area contributed by atoms with Gasteiger partial charge in [-0.05, 0) is 23.3 Å². The quantitative estimate of drug-likeness (QED) is 0.413. The largest absolute Gasteiger partial charge is 0.457 e. The second-order valence-corrected chi connectivity index (χ2v) is 9.42. The predicted molar refractivity (Wildman–Crippen MR) is 134 cm³/mol. The molecule has 1 fully saturated rings. The Balaban J connectivity index is 1.63. The van der Waals surface area contributed by atoms with Gasteiger partial charge in [-0.1, -0.05) is 90.6 Å². The van der Waals surface area contributed by atoms with Gasteiger partial charge >= 0.3 is 5.97 Å². The molecule has 184 valence electrons. The van der Waals surface area contributed by atoms with Gasteiger partial charge in [-0.2, -0.15) is 0 Å². The van der Waals surface area contributed by atoms with E-state index < -0.39 is 35.8 Å². The summed E-state index contributed by atoms with van der Waals surface area (Å²) in [5.41, 5.74) is 1.49. The molecule has 0 spiro atoms. The Hall–Kier alpha value is -2.68. The molecule has 0 saturated carbocycles. The molecule has 35 heavy (non-hydrogen) atoms. The Bertz CT molecular complexity index is 1030. The van der Waals surface area contributed by atoms with Crippen LogP contribution in [-0.4, -0.2) is 47.5 Å². The van der Waals surface area contributed by atoms with Crippen molar-refractivity contribution >= 4 is 17.7 Å². The van der Waals surface area contributed by atoms with E-state index in [0.29, 0.717) is 13.2 Å². The molecular formula is C28H30O6S. The fraction of sp³-hybridized carbons (Fsp3) is 0.321. The summed E-state index contributed by atoms with van der Waals surface area (Å²) < 4.78 is 24.7. The van der Waals surface area contributed by atoms with Crippen LogP contribution in [0.1, 0.15) is 18.1 Å². The summed E-state index contributed by atoms with van der Waals surface area (Å²) in [6.45, 7) is 1.66. The molecule has 0 amide bonds. The van der Waals surface area contributed by atoms with Gasteiger partial charge in [-0.25, -0.2) is 0 Å². The molecule has 4 rings (SSSR count). The number of thioether (sulfide) groups is 1. The van der Waals surface area contributed by atoms with Crippen LogP contribution in [0.2, 0.25) is 0 Å². The first-order valence-electron chi connectivity index (χ1n) is 11.6. The molecule has 3 aromatic rings. The molecule has 6 nitrogen and oxygen atoms in total. The minimum Gasteiger partial charge on any atom is -0.457 e. The van der Waals surface area contributed by atoms with Crippen molar-refractivity contribution in [2.75, 3.05) is 6.61 Å². The van der Waals surface area contributed by atoms with E-state index >= 15 is 0 Å². The monoisotopic (exact) mass is 494 g/mol. The van der Waals surface area contributed by atoms with Crippen LogP contribution in [0.3, 0.4) is 0 Å². The first kappa shape index (κ1) is 25.4. The summed E-state index contributed by atoms with van der Waals surface area (Å²) in [7, 11) is 0. The van der Waals surface area contributed by atoms with Crippen molar-refractivity contribution in [1.82, 2.24) is 0 Å². The van der Waals surface area contributed by atoms with Crippen molar-refractivity contribution in [2.45, 2.75) is 54.9 Å². The van der Waals surface area contributed by atoms with Crippen LogP contribution in [0.4, 0.5) is 0 Å². The third-order valence-corrected chi connectivity index (χ3v) is 6.80. The highest BCUT2D eigenvalue weighted by atomic mass is 32.2. The number of benzene rings is 3. The highest BCUT2D eigenvalue weighted by Gasteiger charge is 2.49. The third-order valence-electron chi connectivity index (χ3n) is 5.64. The van der Waals surface area contributed by atoms with Crippen molar-refractivity contribution < 1.29 is 28.8 Å². The maximum atomic E-state index is 12.0. The van der Waals surface area contributed by atoms with Crippen molar-refractivity contribution in [3.8, 4) is 0 Å². The molecule has 1 aliphatic heterocycles. The highest BCUT2D eigenvalue weighted by molar-refractivity contribution is 7.99. The van der Waals surface area contributed by atoms with Crippen LogP contribution >= 0.6 is 11.8 Å². The zero-order chi connectivity index (χ0) is 24.5. The van der Waals surface area contributed by atoms with Crippen molar-refractivity contribution in [2.24, 2.45) is 0 Å². The van der Waals surface area contributed by atoms with Gasteiger partial charge in [0.05, 0.1) is 19.8 Å². The second kappa shape index (κ2) is 12.9. The minimum atomic E-state index is -0.824. The number of carbonyl (C=O) groups is 1. The lowest BCUT2D eigenvalue weighted by molar-refractivity contribution is -0.245. The maximum Gasteiger partial charge on any atom is 0.303 e. The standard InChI is InChI=1S/C28H30O6S/c1-20(30)33-25-24(17-29)34-28(35-23-15-9-4-10-16-23)27(32-19-22-13-7-3-8-14-22)26(25)31-18-21-11-5-2-6-12-21/h2-16,24-29H,17-19H2,1H3. The predicted octanol–water partition coefficient (Wildman–Crippen LogP) is 4.60. The zero-order valence-electron chi connectivity index (χ0n) is 19.6. The molecule has 5 unspecified atom stereocenters. The number of rotatable bonds is 10. The van der Waals surface area contributed by atoms with E-state index in [4.69, 9.17) is 18.9 Å². The smallest absolute Gasteiger partial charge is 0.303 e. The van der Waals surface area contributed by atoms with Crippen LogP contribution in [0.25, 0.3) is 0 Å². The molecule has 0 radical (unpaired) electrons. The van der Waals surface area contributed by atoms with E-state index in [2.05, 4.69) is 0 Å². The Kier molecular flexibility index (Phi) is 9.34. The lowest BCUT2D eigenvalue weighted by atomic mass is 9.99. The van der Waals surface area contributed by atoms with E-state index in [1.54, 1.807) is 0 Å². The SMILES string of the molecule is CC(=O)OC1C(CO)OC(Sc2ccccc2)C(OCc2ccccc2)C1OCc1ccccc1. The summed E-state index contributed by atoms with van der Waals surface area (Å²) in [5, 5.41) is 10.1. The first-order valence-corrected chi connectivity index (χ1v) is 12.5. The van der Waals surface area contributed by atoms with Gasteiger partial charge < -0.3 is 24.1 Å². The van der Waals surface area contributed by atoms with E-state index in [1.807, 2.05) is 91.0 Å². The van der Waals surface area contributed by atoms with Gasteiger partial charge in [-0.3, -0.25) is 4.79 Å². The maximum absolute atomic E-state index is 12.0. The molecule has 0 bridgehead atoms. The molecule has 0 aliphatic carbocycles. The Morgan fingerprint density at radius 2 is 1.31 bits per heavy atom. The minimum absolute atomic E-state index is 0.301. The van der Waals surface area contributed by atoms with E-state index in [9.17, 15) is 9.90 Å². The van der Waals surface area contributed by atoms with Gasteiger partial charge in [0.1, 0.15) is 23.7 Å². The third kappa shape index (κ3) is 7.16. The van der Waals surface area contributed by atoms with Gasteiger partial charge in [0.15, 0.2) is 6.10 Å². The van der Waals surface area contributed by atoms with Gasteiger partial charge in [0.25, 0.3) is 0 Å². The Labute approximate surface area is 210 Å². The molecule has 0 aromatic heterocycles. The van der Waals surface area contributed by atoms with E-state index in [1.165, 1.54) is 18.7 Å². The normalized spacial score (nSPS) is 24.1. The lowest BCUT2D eigenvalue weighted by Crippen LogP contribution is -2.60. The number of esters is 1. The fourth-order valence-corrected chi connectivity index (χ4v) is 5.13.